The molecule has 0 heterocycles. The molecule has 2 rings (SSSR count). The van der Waals surface area contributed by atoms with Gasteiger partial charge in [0, 0.05) is 20.3 Å². The Balaban J connectivity index is 1.81. The van der Waals surface area contributed by atoms with Crippen molar-refractivity contribution in [1.82, 2.24) is 5.32 Å². The first-order chi connectivity index (χ1) is 10.2. The van der Waals surface area contributed by atoms with Crippen molar-refractivity contribution < 1.29 is 19.4 Å². The van der Waals surface area contributed by atoms with Crippen LogP contribution in [0.3, 0.4) is 0 Å². The molecule has 0 saturated heterocycles. The van der Waals surface area contributed by atoms with Gasteiger partial charge in [-0.05, 0) is 48.9 Å². The van der Waals surface area contributed by atoms with Crippen molar-refractivity contribution in [3.05, 3.63) is 29.3 Å². The number of aliphatic hydroxyl groups is 1. The quantitative estimate of drug-likeness (QED) is 0.749. The van der Waals surface area contributed by atoms with Gasteiger partial charge in [0.25, 0.3) is 5.91 Å². The summed E-state index contributed by atoms with van der Waals surface area (Å²) in [6, 6.07) is 5.68. The monoisotopic (exact) mass is 293 g/mol. The van der Waals surface area contributed by atoms with Crippen LogP contribution in [0.2, 0.25) is 0 Å². The van der Waals surface area contributed by atoms with E-state index in [-0.39, 0.29) is 12.5 Å². The summed E-state index contributed by atoms with van der Waals surface area (Å²) >= 11 is 0. The molecule has 1 aliphatic rings. The number of carbonyl (C=O) groups is 1. The zero-order valence-corrected chi connectivity index (χ0v) is 12.4. The normalized spacial score (nSPS) is 17.1. The Hall–Kier alpha value is -1.59. The molecular weight excluding hydrogens is 270 g/mol. The molecule has 1 aliphatic carbocycles. The molecule has 5 nitrogen and oxygen atoms in total. The number of hydrogen-bond acceptors (Lipinski definition) is 4. The molecule has 0 aromatic heterocycles. The number of nitrogens with one attached hydrogen (secondary N) is 1. The third-order valence-corrected chi connectivity index (χ3v) is 3.62. The van der Waals surface area contributed by atoms with E-state index in [9.17, 15) is 9.90 Å². The first-order valence-electron chi connectivity index (χ1n) is 7.40. The lowest BCUT2D eigenvalue weighted by atomic mass is 9.89. The van der Waals surface area contributed by atoms with Crippen LogP contribution in [0.5, 0.6) is 5.75 Å². The summed E-state index contributed by atoms with van der Waals surface area (Å²) < 4.78 is 10.4. The number of hydrogen-bond donors (Lipinski definition) is 2. The van der Waals surface area contributed by atoms with Gasteiger partial charge in [0.1, 0.15) is 5.75 Å². The molecular formula is C16H23NO4. The van der Waals surface area contributed by atoms with Gasteiger partial charge < -0.3 is 19.9 Å². The average Bonchev–Trinajstić information content (AvgIpc) is 2.50. The summed E-state index contributed by atoms with van der Waals surface area (Å²) in [7, 11) is 1.63. The van der Waals surface area contributed by atoms with E-state index in [4.69, 9.17) is 9.47 Å². The summed E-state index contributed by atoms with van der Waals surface area (Å²) in [4.78, 5) is 11.6. The van der Waals surface area contributed by atoms with Crippen LogP contribution in [0.15, 0.2) is 18.2 Å². The van der Waals surface area contributed by atoms with Crippen LogP contribution in [0.1, 0.15) is 36.5 Å². The third-order valence-electron chi connectivity index (χ3n) is 3.62. The van der Waals surface area contributed by atoms with Crippen LogP contribution in [-0.4, -0.2) is 37.9 Å². The zero-order chi connectivity index (χ0) is 15.1. The molecule has 1 aromatic carbocycles. The predicted molar refractivity (Wildman–Crippen MR) is 79.3 cm³/mol. The van der Waals surface area contributed by atoms with Gasteiger partial charge in [-0.3, -0.25) is 4.79 Å². The largest absolute Gasteiger partial charge is 0.484 e. The number of methoxy groups -OCH3 is 1. The molecule has 0 bridgehead atoms. The number of aryl methyl sites for hydroxylation is 1. The molecule has 0 aliphatic heterocycles. The molecule has 0 radical (unpaired) electrons. The minimum Gasteiger partial charge on any atom is -0.484 e. The van der Waals surface area contributed by atoms with E-state index in [2.05, 4.69) is 5.32 Å². The van der Waals surface area contributed by atoms with E-state index < -0.39 is 6.10 Å². The second-order valence-electron chi connectivity index (χ2n) is 5.25. The topological polar surface area (TPSA) is 67.8 Å². The maximum Gasteiger partial charge on any atom is 0.257 e. The van der Waals surface area contributed by atoms with Gasteiger partial charge in [-0.1, -0.05) is 6.07 Å². The molecule has 116 valence electrons. The summed E-state index contributed by atoms with van der Waals surface area (Å²) in [5.41, 5.74) is 2.10. The highest BCUT2D eigenvalue weighted by Gasteiger charge is 2.18. The van der Waals surface area contributed by atoms with Gasteiger partial charge in [-0.2, -0.15) is 0 Å². The minimum absolute atomic E-state index is 0.0120. The highest BCUT2D eigenvalue weighted by Crippen LogP contribution is 2.32. The van der Waals surface area contributed by atoms with Crippen LogP contribution in [0, 0.1) is 0 Å². The first kappa shape index (κ1) is 15.8. The second-order valence-corrected chi connectivity index (χ2v) is 5.25. The fourth-order valence-corrected chi connectivity index (χ4v) is 2.49. The zero-order valence-electron chi connectivity index (χ0n) is 12.4. The maximum absolute atomic E-state index is 11.6. The Labute approximate surface area is 125 Å². The fraction of sp³-hybridized carbons (Fsp3) is 0.562. The van der Waals surface area contributed by atoms with Crippen molar-refractivity contribution >= 4 is 5.91 Å². The molecule has 0 spiro atoms. The Kier molecular flexibility index (Phi) is 6.02. The number of amides is 1. The lowest BCUT2D eigenvalue weighted by Crippen LogP contribution is -2.30. The highest BCUT2D eigenvalue weighted by atomic mass is 16.5. The lowest BCUT2D eigenvalue weighted by molar-refractivity contribution is -0.123. The molecule has 2 N–H and O–H groups in total. The van der Waals surface area contributed by atoms with Gasteiger partial charge in [-0.15, -0.1) is 0 Å². The smallest absolute Gasteiger partial charge is 0.257 e. The van der Waals surface area contributed by atoms with Crippen LogP contribution in [0.25, 0.3) is 0 Å². The molecule has 1 atom stereocenters. The Bertz CT molecular complexity index is 475. The highest BCUT2D eigenvalue weighted by molar-refractivity contribution is 5.77. The van der Waals surface area contributed by atoms with Crippen LogP contribution in [0.4, 0.5) is 0 Å². The number of carbonyl (C=O) groups excluding carboxylic acids is 1. The molecule has 1 aromatic rings. The number of ether oxygens (including phenoxy) is 2. The Morgan fingerprint density at radius 1 is 1.48 bits per heavy atom. The third kappa shape index (κ3) is 4.72. The van der Waals surface area contributed by atoms with Crippen molar-refractivity contribution in [3.8, 4) is 5.75 Å². The summed E-state index contributed by atoms with van der Waals surface area (Å²) in [5.74, 6) is 0.478. The van der Waals surface area contributed by atoms with Crippen molar-refractivity contribution in [2.75, 3.05) is 26.9 Å². The molecule has 0 fully saturated rings. The van der Waals surface area contributed by atoms with E-state index >= 15 is 0 Å². The van der Waals surface area contributed by atoms with Gasteiger partial charge in [0.05, 0.1) is 6.10 Å². The Morgan fingerprint density at radius 3 is 3.14 bits per heavy atom. The summed E-state index contributed by atoms with van der Waals surface area (Å²) in [6.07, 6.45) is 3.16. The lowest BCUT2D eigenvalue weighted by Gasteiger charge is -2.21. The average molecular weight is 293 g/mol. The molecule has 21 heavy (non-hydrogen) atoms. The summed E-state index contributed by atoms with van der Waals surface area (Å²) in [6.45, 7) is 1.20. The van der Waals surface area contributed by atoms with Gasteiger partial charge >= 0.3 is 0 Å². The standard InChI is InChI=1S/C16H23NO4/c1-20-9-3-8-17-16(19)11-21-13-7-6-12-4-2-5-15(18)14(12)10-13/h6-7,10,15,18H,2-5,8-9,11H2,1H3,(H,17,19). The van der Waals surface area contributed by atoms with Gasteiger partial charge in [0.15, 0.2) is 6.61 Å². The van der Waals surface area contributed by atoms with E-state index in [1.807, 2.05) is 18.2 Å². The van der Waals surface area contributed by atoms with E-state index in [0.29, 0.717) is 18.9 Å². The molecule has 5 heteroatoms. The van der Waals surface area contributed by atoms with Crippen molar-refractivity contribution in [2.45, 2.75) is 31.8 Å². The minimum atomic E-state index is -0.417. The van der Waals surface area contributed by atoms with Crippen molar-refractivity contribution in [2.24, 2.45) is 0 Å². The fourth-order valence-electron chi connectivity index (χ4n) is 2.49. The first-order valence-corrected chi connectivity index (χ1v) is 7.40. The van der Waals surface area contributed by atoms with Crippen LogP contribution < -0.4 is 10.1 Å². The summed E-state index contributed by atoms with van der Waals surface area (Å²) in [5, 5.41) is 12.7. The van der Waals surface area contributed by atoms with Crippen molar-refractivity contribution in [1.29, 1.82) is 0 Å². The van der Waals surface area contributed by atoms with E-state index in [0.717, 1.165) is 31.2 Å². The maximum atomic E-state index is 11.6. The van der Waals surface area contributed by atoms with Crippen molar-refractivity contribution in [3.63, 3.8) is 0 Å². The molecule has 0 saturated carbocycles. The predicted octanol–water partition coefficient (Wildman–Crippen LogP) is 1.59. The van der Waals surface area contributed by atoms with Gasteiger partial charge in [-0.25, -0.2) is 0 Å². The van der Waals surface area contributed by atoms with Crippen LogP contribution in [-0.2, 0) is 16.0 Å². The number of rotatable bonds is 7. The number of benzene rings is 1. The Morgan fingerprint density at radius 2 is 2.33 bits per heavy atom. The van der Waals surface area contributed by atoms with E-state index in [1.165, 1.54) is 5.56 Å². The van der Waals surface area contributed by atoms with E-state index in [1.54, 1.807) is 7.11 Å². The molecule has 1 unspecified atom stereocenters. The van der Waals surface area contributed by atoms with Gasteiger partial charge in [0.2, 0.25) is 0 Å². The second kappa shape index (κ2) is 8.00. The number of aliphatic hydroxyl groups excluding tert-OH is 1. The number of fused-ring (bicyclic) bond motifs is 1. The molecule has 1 amide bonds. The van der Waals surface area contributed by atoms with Crippen LogP contribution >= 0.6 is 0 Å². The SMILES string of the molecule is COCCCNC(=O)COc1ccc2c(c1)C(O)CCC2.